The molecule has 0 spiro atoms. The maximum absolute atomic E-state index is 12.1. The molecule has 1 aromatic heterocycles. The highest BCUT2D eigenvalue weighted by Gasteiger charge is 2.58. The zero-order valence-electron chi connectivity index (χ0n) is 18.1. The Labute approximate surface area is 179 Å². The van der Waals surface area contributed by atoms with Crippen LogP contribution in [0.3, 0.4) is 0 Å². The van der Waals surface area contributed by atoms with Crippen molar-refractivity contribution in [2.75, 3.05) is 0 Å². The number of carbonyl (C=O) groups is 1. The van der Waals surface area contributed by atoms with Gasteiger partial charge in [0.1, 0.15) is 0 Å². The smallest absolute Gasteiger partial charge is 0.307 e. The van der Waals surface area contributed by atoms with E-state index in [-0.39, 0.29) is 22.8 Å². The Balaban J connectivity index is 1.30. The maximum Gasteiger partial charge on any atom is 0.307 e. The van der Waals surface area contributed by atoms with Crippen molar-refractivity contribution in [3.05, 3.63) is 35.8 Å². The van der Waals surface area contributed by atoms with Gasteiger partial charge in [-0.1, -0.05) is 25.5 Å². The molecule has 0 radical (unpaired) electrons. The molecule has 3 saturated carbocycles. The van der Waals surface area contributed by atoms with Gasteiger partial charge in [-0.05, 0) is 92.1 Å². The SMILES string of the molecule is C[C@]12CC[C@H]3[C@@H](CC=C4C[C@@H](O)CC[C@@]43C)[C@@H]1CC[C@@H]2/C=N/NC(=O)c1ccco1. The van der Waals surface area contributed by atoms with Crippen LogP contribution in [0.15, 0.2) is 39.6 Å². The fourth-order valence-corrected chi connectivity index (χ4v) is 7.58. The molecule has 0 aliphatic heterocycles. The average molecular weight is 411 g/mol. The molecular formula is C25H34N2O3. The van der Waals surface area contributed by atoms with Crippen molar-refractivity contribution in [2.45, 2.75) is 71.3 Å². The Morgan fingerprint density at radius 2 is 2.10 bits per heavy atom. The molecule has 162 valence electrons. The van der Waals surface area contributed by atoms with Crippen LogP contribution >= 0.6 is 0 Å². The van der Waals surface area contributed by atoms with Gasteiger partial charge in [-0.15, -0.1) is 0 Å². The first-order valence-corrected chi connectivity index (χ1v) is 11.7. The standard InChI is InChI=1S/C25H34N2O3/c1-24-11-9-18(28)14-16(24)5-7-19-20-8-6-17(25(20,2)12-10-21(19)24)15-26-27-23(29)22-4-3-13-30-22/h3-5,13,15,17-21,28H,6-12,14H2,1-2H3,(H,27,29)/b26-15+/t17-,18+,19+,20+,21+,24+,25-/m1/s1. The molecule has 0 unspecified atom stereocenters. The maximum atomic E-state index is 12.1. The number of nitrogens with zero attached hydrogens (tertiary/aromatic N) is 1. The Kier molecular flexibility index (Phi) is 4.92. The predicted molar refractivity (Wildman–Crippen MR) is 116 cm³/mol. The van der Waals surface area contributed by atoms with Crippen molar-refractivity contribution in [3.63, 3.8) is 0 Å². The number of fused-ring (bicyclic) bond motifs is 5. The van der Waals surface area contributed by atoms with E-state index >= 15 is 0 Å². The summed E-state index contributed by atoms with van der Waals surface area (Å²) in [7, 11) is 0. The van der Waals surface area contributed by atoms with Gasteiger partial charge in [-0.3, -0.25) is 4.79 Å². The summed E-state index contributed by atoms with van der Waals surface area (Å²) in [4.78, 5) is 12.1. The number of carbonyl (C=O) groups excluding carboxylic acids is 1. The first-order chi connectivity index (χ1) is 14.4. The highest BCUT2D eigenvalue weighted by atomic mass is 16.3. The van der Waals surface area contributed by atoms with Crippen molar-refractivity contribution in [2.24, 2.45) is 39.6 Å². The number of hydrogen-bond donors (Lipinski definition) is 2. The second-order valence-electron chi connectivity index (χ2n) is 10.6. The first kappa shape index (κ1) is 20.0. The highest BCUT2D eigenvalue weighted by Crippen LogP contribution is 2.65. The van der Waals surface area contributed by atoms with Crippen molar-refractivity contribution >= 4 is 12.1 Å². The van der Waals surface area contributed by atoms with Gasteiger partial charge in [-0.25, -0.2) is 5.43 Å². The molecule has 1 aromatic rings. The molecule has 5 rings (SSSR count). The molecular weight excluding hydrogens is 376 g/mol. The molecule has 4 aliphatic carbocycles. The summed E-state index contributed by atoms with van der Waals surface area (Å²) in [6, 6.07) is 3.35. The summed E-state index contributed by atoms with van der Waals surface area (Å²) in [6.07, 6.45) is 14.9. The summed E-state index contributed by atoms with van der Waals surface area (Å²) >= 11 is 0. The number of aliphatic hydroxyl groups excluding tert-OH is 1. The van der Waals surface area contributed by atoms with Gasteiger partial charge >= 0.3 is 5.91 Å². The van der Waals surface area contributed by atoms with Crippen LogP contribution in [-0.4, -0.2) is 23.3 Å². The zero-order valence-corrected chi connectivity index (χ0v) is 18.1. The van der Waals surface area contributed by atoms with Gasteiger partial charge in [0.2, 0.25) is 0 Å². The largest absolute Gasteiger partial charge is 0.459 e. The van der Waals surface area contributed by atoms with E-state index in [1.165, 1.54) is 37.5 Å². The van der Waals surface area contributed by atoms with Crippen molar-refractivity contribution < 1.29 is 14.3 Å². The van der Waals surface area contributed by atoms with Crippen LogP contribution < -0.4 is 5.43 Å². The Morgan fingerprint density at radius 3 is 2.90 bits per heavy atom. The molecule has 7 atom stereocenters. The van der Waals surface area contributed by atoms with Gasteiger partial charge in [0.15, 0.2) is 5.76 Å². The molecule has 5 heteroatoms. The van der Waals surface area contributed by atoms with Crippen molar-refractivity contribution in [1.29, 1.82) is 0 Å². The topological polar surface area (TPSA) is 74.8 Å². The van der Waals surface area contributed by atoms with Crippen molar-refractivity contribution in [3.8, 4) is 0 Å². The van der Waals surface area contributed by atoms with Crippen LogP contribution in [0.4, 0.5) is 0 Å². The van der Waals surface area contributed by atoms with Gasteiger partial charge in [0.25, 0.3) is 0 Å². The molecule has 0 bridgehead atoms. The minimum Gasteiger partial charge on any atom is -0.459 e. The number of rotatable bonds is 3. The predicted octanol–water partition coefficient (Wildman–Crippen LogP) is 4.94. The van der Waals surface area contributed by atoms with Crippen LogP contribution in [0.2, 0.25) is 0 Å². The molecule has 0 saturated heterocycles. The third-order valence-electron chi connectivity index (χ3n) is 9.32. The molecule has 1 amide bonds. The Morgan fingerprint density at radius 1 is 1.23 bits per heavy atom. The molecule has 5 nitrogen and oxygen atoms in total. The number of hydrogen-bond acceptors (Lipinski definition) is 4. The highest BCUT2D eigenvalue weighted by molar-refractivity contribution is 5.91. The molecule has 30 heavy (non-hydrogen) atoms. The van der Waals surface area contributed by atoms with Crippen LogP contribution in [-0.2, 0) is 0 Å². The van der Waals surface area contributed by atoms with Gasteiger partial charge in [-0.2, -0.15) is 5.10 Å². The lowest BCUT2D eigenvalue weighted by atomic mass is 9.47. The summed E-state index contributed by atoms with van der Waals surface area (Å²) in [5, 5.41) is 14.5. The third kappa shape index (κ3) is 3.08. The Hall–Kier alpha value is -1.88. The fraction of sp³-hybridized carbons (Fsp3) is 0.680. The third-order valence-corrected chi connectivity index (χ3v) is 9.32. The lowest BCUT2D eigenvalue weighted by Gasteiger charge is -2.57. The van der Waals surface area contributed by atoms with Gasteiger partial charge < -0.3 is 9.52 Å². The number of nitrogens with one attached hydrogen (secondary N) is 1. The van der Waals surface area contributed by atoms with Gasteiger partial charge in [0.05, 0.1) is 12.4 Å². The van der Waals surface area contributed by atoms with E-state index in [9.17, 15) is 9.90 Å². The summed E-state index contributed by atoms with van der Waals surface area (Å²) in [5.74, 6) is 2.61. The quantitative estimate of drug-likeness (QED) is 0.421. The Bertz CT molecular complexity index is 860. The summed E-state index contributed by atoms with van der Waals surface area (Å²) in [6.45, 7) is 4.93. The van der Waals surface area contributed by atoms with Gasteiger partial charge in [0, 0.05) is 12.1 Å². The molecule has 2 N–H and O–H groups in total. The number of furan rings is 1. The van der Waals surface area contributed by atoms with Crippen molar-refractivity contribution in [1.82, 2.24) is 5.43 Å². The second-order valence-corrected chi connectivity index (χ2v) is 10.6. The molecule has 3 fully saturated rings. The normalized spacial score (nSPS) is 42.9. The van der Waals surface area contributed by atoms with E-state index in [0.717, 1.165) is 43.4 Å². The minimum atomic E-state index is -0.294. The van der Waals surface area contributed by atoms with E-state index in [1.807, 2.05) is 6.21 Å². The number of amides is 1. The molecule has 1 heterocycles. The average Bonchev–Trinajstić information content (AvgIpc) is 3.37. The first-order valence-electron chi connectivity index (χ1n) is 11.7. The van der Waals surface area contributed by atoms with E-state index in [2.05, 4.69) is 30.5 Å². The number of hydrazone groups is 1. The van der Waals surface area contributed by atoms with Crippen LogP contribution in [0, 0.1) is 34.5 Å². The van der Waals surface area contributed by atoms with E-state index in [0.29, 0.717) is 11.7 Å². The van der Waals surface area contributed by atoms with Crippen LogP contribution in [0.25, 0.3) is 0 Å². The van der Waals surface area contributed by atoms with Crippen LogP contribution in [0.1, 0.15) is 75.8 Å². The number of aliphatic hydroxyl groups is 1. The monoisotopic (exact) mass is 410 g/mol. The minimum absolute atomic E-state index is 0.141. The lowest BCUT2D eigenvalue weighted by Crippen LogP contribution is -2.50. The van der Waals surface area contributed by atoms with E-state index in [4.69, 9.17) is 4.42 Å². The van der Waals surface area contributed by atoms with E-state index < -0.39 is 0 Å². The van der Waals surface area contributed by atoms with Crippen LogP contribution in [0.5, 0.6) is 0 Å². The molecule has 0 aromatic carbocycles. The molecule has 4 aliphatic rings. The lowest BCUT2D eigenvalue weighted by molar-refractivity contribution is -0.0419. The number of allylic oxidation sites excluding steroid dienone is 1. The second kappa shape index (κ2) is 7.37. The summed E-state index contributed by atoms with van der Waals surface area (Å²) in [5.41, 5.74) is 4.71. The van der Waals surface area contributed by atoms with E-state index in [1.54, 1.807) is 12.1 Å². The fourth-order valence-electron chi connectivity index (χ4n) is 7.58. The zero-order chi connectivity index (χ0) is 20.9. The summed E-state index contributed by atoms with van der Waals surface area (Å²) < 4.78 is 5.14.